The van der Waals surface area contributed by atoms with E-state index in [0.29, 0.717) is 0 Å². The van der Waals surface area contributed by atoms with Gasteiger partial charge in [0.1, 0.15) is 5.75 Å². The monoisotopic (exact) mass is 438 g/mol. The molecule has 31 heavy (non-hydrogen) atoms. The second-order valence-corrected chi connectivity index (χ2v) is 9.70. The van der Waals surface area contributed by atoms with E-state index in [2.05, 4.69) is 52.0 Å². The highest BCUT2D eigenvalue weighted by Gasteiger charge is 2.25. The molecule has 2 heterocycles. The summed E-state index contributed by atoms with van der Waals surface area (Å²) in [7, 11) is 1.74. The number of amides is 1. The van der Waals surface area contributed by atoms with Crippen molar-refractivity contribution in [3.8, 4) is 5.75 Å². The van der Waals surface area contributed by atoms with Gasteiger partial charge in [0.2, 0.25) is 5.91 Å². The van der Waals surface area contributed by atoms with Crippen molar-refractivity contribution in [2.45, 2.75) is 51.0 Å². The average Bonchev–Trinajstić information content (AvgIpc) is 3.30. The molecule has 0 radical (unpaired) electrons. The van der Waals surface area contributed by atoms with Crippen molar-refractivity contribution in [1.82, 2.24) is 10.2 Å². The standard InChI is InChI=1S/C26H34N2O2S/c1-30-24-14-17-31-25(24)21-12-15-28(16-13-21)19-23(18-20-8-4-2-5-9-20)27-26(29)22-10-6-3-7-11-22/h2,4-5,8-9,12,14,17,22-23H,3,6-7,10-11,13,15-16,18-19H2,1H3,(H,27,29)/t23-/m0/s1. The van der Waals surface area contributed by atoms with Crippen LogP contribution in [0, 0.1) is 5.92 Å². The van der Waals surface area contributed by atoms with Gasteiger partial charge in [0.15, 0.2) is 0 Å². The molecule has 2 aromatic rings. The molecule has 1 amide bonds. The summed E-state index contributed by atoms with van der Waals surface area (Å²) in [6, 6.07) is 12.7. The van der Waals surface area contributed by atoms with Crippen LogP contribution in [0.25, 0.3) is 5.57 Å². The SMILES string of the molecule is COc1ccsc1C1=CCN(C[C@H](Cc2ccccc2)NC(=O)C2CCCCC2)CC1. The van der Waals surface area contributed by atoms with Gasteiger partial charge in [-0.15, -0.1) is 11.3 Å². The lowest BCUT2D eigenvalue weighted by Crippen LogP contribution is -2.48. The van der Waals surface area contributed by atoms with Crippen LogP contribution in [0.1, 0.15) is 49.0 Å². The van der Waals surface area contributed by atoms with Crippen LogP contribution in [0.5, 0.6) is 5.75 Å². The van der Waals surface area contributed by atoms with E-state index < -0.39 is 0 Å². The van der Waals surface area contributed by atoms with Crippen LogP contribution in [0.3, 0.4) is 0 Å². The molecule has 1 aliphatic carbocycles. The summed E-state index contributed by atoms with van der Waals surface area (Å²) >= 11 is 1.75. The first-order valence-electron chi connectivity index (χ1n) is 11.6. The molecule has 0 spiro atoms. The van der Waals surface area contributed by atoms with Crippen molar-refractivity contribution < 1.29 is 9.53 Å². The van der Waals surface area contributed by atoms with Crippen LogP contribution in [-0.4, -0.2) is 43.6 Å². The molecule has 1 saturated carbocycles. The van der Waals surface area contributed by atoms with Gasteiger partial charge >= 0.3 is 0 Å². The third-order valence-corrected chi connectivity index (χ3v) is 7.53. The van der Waals surface area contributed by atoms with E-state index in [1.165, 1.54) is 35.3 Å². The minimum Gasteiger partial charge on any atom is -0.495 e. The third kappa shape index (κ3) is 5.98. The number of ether oxygens (including phenoxy) is 1. The van der Waals surface area contributed by atoms with Gasteiger partial charge < -0.3 is 10.1 Å². The molecule has 4 rings (SSSR count). The van der Waals surface area contributed by atoms with Crippen LogP contribution < -0.4 is 10.1 Å². The lowest BCUT2D eigenvalue weighted by atomic mass is 9.88. The maximum atomic E-state index is 13.0. The zero-order valence-corrected chi connectivity index (χ0v) is 19.3. The molecule has 166 valence electrons. The normalized spacial score (nSPS) is 18.9. The van der Waals surface area contributed by atoms with Crippen LogP contribution in [0.4, 0.5) is 0 Å². The zero-order valence-electron chi connectivity index (χ0n) is 18.5. The molecule has 1 atom stereocenters. The van der Waals surface area contributed by atoms with Gasteiger partial charge in [-0.25, -0.2) is 0 Å². The van der Waals surface area contributed by atoms with Gasteiger partial charge in [-0.2, -0.15) is 0 Å². The first kappa shape index (κ1) is 22.1. The maximum Gasteiger partial charge on any atom is 0.223 e. The number of methoxy groups -OCH3 is 1. The number of benzene rings is 1. The molecule has 1 aromatic heterocycles. The average molecular weight is 439 g/mol. The molecule has 0 bridgehead atoms. The molecule has 2 aliphatic rings. The first-order chi connectivity index (χ1) is 15.2. The first-order valence-corrected chi connectivity index (χ1v) is 12.5. The highest BCUT2D eigenvalue weighted by molar-refractivity contribution is 7.11. The molecule has 1 N–H and O–H groups in total. The number of carbonyl (C=O) groups excluding carboxylic acids is 1. The van der Waals surface area contributed by atoms with E-state index in [9.17, 15) is 4.79 Å². The lowest BCUT2D eigenvalue weighted by molar-refractivity contribution is -0.126. The smallest absolute Gasteiger partial charge is 0.223 e. The van der Waals surface area contributed by atoms with Gasteiger partial charge in [-0.1, -0.05) is 55.7 Å². The quantitative estimate of drug-likeness (QED) is 0.619. The van der Waals surface area contributed by atoms with Gasteiger partial charge in [0.25, 0.3) is 0 Å². The number of hydrogen-bond donors (Lipinski definition) is 1. The summed E-state index contributed by atoms with van der Waals surface area (Å²) in [5, 5.41) is 5.52. The Morgan fingerprint density at radius 2 is 2.00 bits per heavy atom. The zero-order chi connectivity index (χ0) is 21.5. The Kier molecular flexibility index (Phi) is 7.81. The topological polar surface area (TPSA) is 41.6 Å². The Hall–Kier alpha value is -2.11. The number of nitrogens with zero attached hydrogens (tertiary/aromatic N) is 1. The van der Waals surface area contributed by atoms with Crippen molar-refractivity contribution in [3.05, 3.63) is 58.3 Å². The number of rotatable bonds is 8. The highest BCUT2D eigenvalue weighted by Crippen LogP contribution is 2.34. The predicted octanol–water partition coefficient (Wildman–Crippen LogP) is 5.15. The molecule has 1 aliphatic heterocycles. The minimum absolute atomic E-state index is 0.142. The molecule has 5 heteroatoms. The second kappa shape index (κ2) is 11.0. The minimum atomic E-state index is 0.142. The molecule has 0 saturated heterocycles. The molecular weight excluding hydrogens is 404 g/mol. The van der Waals surface area contributed by atoms with E-state index in [-0.39, 0.29) is 17.9 Å². The van der Waals surface area contributed by atoms with Crippen molar-refractivity contribution >= 4 is 22.8 Å². The van der Waals surface area contributed by atoms with Crippen LogP contribution in [0.15, 0.2) is 47.9 Å². The molecular formula is C26H34N2O2S. The largest absolute Gasteiger partial charge is 0.495 e. The maximum absolute atomic E-state index is 13.0. The van der Waals surface area contributed by atoms with Crippen LogP contribution in [-0.2, 0) is 11.2 Å². The third-order valence-electron chi connectivity index (χ3n) is 6.56. The fraction of sp³-hybridized carbons (Fsp3) is 0.500. The fourth-order valence-corrected chi connectivity index (χ4v) is 5.76. The van der Waals surface area contributed by atoms with Crippen molar-refractivity contribution in [2.24, 2.45) is 5.92 Å². The van der Waals surface area contributed by atoms with Gasteiger partial charge in [-0.3, -0.25) is 9.69 Å². The Morgan fingerprint density at radius 1 is 1.19 bits per heavy atom. The summed E-state index contributed by atoms with van der Waals surface area (Å²) in [4.78, 5) is 16.7. The number of nitrogens with one attached hydrogen (secondary N) is 1. The Labute approximate surface area is 190 Å². The molecule has 1 aromatic carbocycles. The predicted molar refractivity (Wildman–Crippen MR) is 129 cm³/mol. The van der Waals surface area contributed by atoms with Gasteiger partial charge in [-0.05, 0) is 48.3 Å². The molecule has 1 fully saturated rings. The summed E-state index contributed by atoms with van der Waals surface area (Å²) in [5.41, 5.74) is 2.67. The fourth-order valence-electron chi connectivity index (χ4n) is 4.83. The van der Waals surface area contributed by atoms with Crippen molar-refractivity contribution in [2.75, 3.05) is 26.7 Å². The molecule has 0 unspecified atom stereocenters. The van der Waals surface area contributed by atoms with Gasteiger partial charge in [0.05, 0.1) is 12.0 Å². The lowest BCUT2D eigenvalue weighted by Gasteiger charge is -2.32. The van der Waals surface area contributed by atoms with E-state index >= 15 is 0 Å². The summed E-state index contributed by atoms with van der Waals surface area (Å²) in [5.74, 6) is 1.44. The molecule has 4 nitrogen and oxygen atoms in total. The Bertz CT molecular complexity index is 871. The summed E-state index contributed by atoms with van der Waals surface area (Å²) in [6.07, 6.45) is 9.97. The number of thiophene rings is 1. The van der Waals surface area contributed by atoms with Crippen LogP contribution >= 0.6 is 11.3 Å². The van der Waals surface area contributed by atoms with E-state index in [1.807, 2.05) is 6.07 Å². The Balaban J connectivity index is 1.40. The highest BCUT2D eigenvalue weighted by atomic mass is 32.1. The van der Waals surface area contributed by atoms with Gasteiger partial charge in [0, 0.05) is 31.6 Å². The Morgan fingerprint density at radius 3 is 2.71 bits per heavy atom. The van der Waals surface area contributed by atoms with E-state index in [0.717, 1.165) is 51.1 Å². The van der Waals surface area contributed by atoms with Crippen LogP contribution in [0.2, 0.25) is 0 Å². The van der Waals surface area contributed by atoms with E-state index in [4.69, 9.17) is 4.74 Å². The second-order valence-electron chi connectivity index (χ2n) is 8.79. The summed E-state index contributed by atoms with van der Waals surface area (Å²) < 4.78 is 5.51. The van der Waals surface area contributed by atoms with E-state index in [1.54, 1.807) is 18.4 Å². The van der Waals surface area contributed by atoms with Crippen molar-refractivity contribution in [1.29, 1.82) is 0 Å². The van der Waals surface area contributed by atoms with Crippen molar-refractivity contribution in [3.63, 3.8) is 0 Å². The summed E-state index contributed by atoms with van der Waals surface area (Å²) in [6.45, 7) is 2.82. The number of carbonyl (C=O) groups is 1. The number of hydrogen-bond acceptors (Lipinski definition) is 4.